The van der Waals surface area contributed by atoms with Gasteiger partial charge in [0.05, 0.1) is 11.7 Å². The first kappa shape index (κ1) is 18.2. The fourth-order valence-corrected chi connectivity index (χ4v) is 8.49. The summed E-state index contributed by atoms with van der Waals surface area (Å²) in [7, 11) is 0. The van der Waals surface area contributed by atoms with Crippen LogP contribution in [0, 0.1) is 41.4 Å². The molecule has 0 unspecified atom stereocenters. The van der Waals surface area contributed by atoms with Crippen LogP contribution in [0.1, 0.15) is 95.1 Å². The molecule has 32 heavy (non-hydrogen) atoms. The van der Waals surface area contributed by atoms with Crippen molar-refractivity contribution in [3.8, 4) is 0 Å². The largest absolute Gasteiger partial charge is 0.393 e. The Morgan fingerprint density at radius 1 is 1.06 bits per heavy atom. The molecule has 1 aromatic rings. The molecule has 0 saturated heterocycles. The molecule has 0 bridgehead atoms. The van der Waals surface area contributed by atoms with Crippen LogP contribution >= 0.6 is 0 Å². The van der Waals surface area contributed by atoms with Gasteiger partial charge in [-0.2, -0.15) is 0 Å². The molecular formula is C30H44O2. The minimum Gasteiger partial charge on any atom is -0.393 e. The average Bonchev–Trinajstić information content (AvgIpc) is 3.17. The first-order valence-electron chi connectivity index (χ1n) is 14.8. The third-order valence-electron chi connectivity index (χ3n) is 10.3. The molecule has 0 aliphatic heterocycles. The molecule has 4 aliphatic carbocycles. The Kier molecular flexibility index (Phi) is 4.55. The summed E-state index contributed by atoms with van der Waals surface area (Å²) in [4.78, 5) is 0. The zero-order valence-electron chi connectivity index (χ0n) is 24.3. The van der Waals surface area contributed by atoms with E-state index >= 15 is 0 Å². The third-order valence-corrected chi connectivity index (χ3v) is 10.3. The van der Waals surface area contributed by atoms with Crippen molar-refractivity contribution in [2.75, 3.05) is 0 Å². The van der Waals surface area contributed by atoms with Gasteiger partial charge < -0.3 is 10.2 Å². The predicted molar refractivity (Wildman–Crippen MR) is 131 cm³/mol. The van der Waals surface area contributed by atoms with Gasteiger partial charge in [0, 0.05) is 5.48 Å². The molecule has 176 valence electrons. The van der Waals surface area contributed by atoms with Crippen LogP contribution in [-0.2, 0) is 6.37 Å². The van der Waals surface area contributed by atoms with Crippen molar-refractivity contribution in [2.24, 2.45) is 34.5 Å². The Labute approximate surface area is 201 Å². The van der Waals surface area contributed by atoms with Gasteiger partial charge in [0.2, 0.25) is 0 Å². The van der Waals surface area contributed by atoms with Gasteiger partial charge in [0.15, 0.2) is 0 Å². The highest BCUT2D eigenvalue weighted by atomic mass is 16.3. The molecule has 3 saturated carbocycles. The van der Waals surface area contributed by atoms with Crippen molar-refractivity contribution in [1.82, 2.24) is 0 Å². The average molecular weight is 441 g/mol. The van der Waals surface area contributed by atoms with Crippen LogP contribution in [-0.4, -0.2) is 21.9 Å². The number of benzene rings is 1. The second-order valence-corrected chi connectivity index (χ2v) is 12.1. The molecule has 2 N–H and O–H groups in total. The Hall–Kier alpha value is -1.12. The number of fused-ring (bicyclic) bond motifs is 5. The first-order valence-corrected chi connectivity index (χ1v) is 12.8. The van der Waals surface area contributed by atoms with E-state index in [0.717, 1.165) is 56.9 Å². The standard InChI is InChI=1S/C30H44O2/c1-20-5-7-21(8-6-20)13-18-30(4,32)27-12-11-25-24-10-9-22-19-23(31)14-16-28(22,2)26(24)15-17-29(25,27)3/h5-9,23-27,31-32H,10-19H2,1-4H3/t23-,24-,25-,26-,27-,28-,29-,30-/m0/s1/i13D2,18D2. The number of hydrogen-bond donors (Lipinski definition) is 2. The van der Waals surface area contributed by atoms with Crippen molar-refractivity contribution in [1.29, 1.82) is 0 Å². The summed E-state index contributed by atoms with van der Waals surface area (Å²) in [5.74, 6) is 1.17. The minimum absolute atomic E-state index is 0.141. The molecule has 4 aliphatic rings. The fraction of sp³-hybridized carbons (Fsp3) is 0.733. The molecular weight excluding hydrogens is 392 g/mol. The van der Waals surface area contributed by atoms with Gasteiger partial charge in [-0.3, -0.25) is 0 Å². The third kappa shape index (κ3) is 3.61. The van der Waals surface area contributed by atoms with E-state index in [4.69, 9.17) is 5.48 Å². The zero-order chi connectivity index (χ0) is 26.3. The molecule has 2 nitrogen and oxygen atoms in total. The lowest BCUT2D eigenvalue weighted by atomic mass is 9.46. The van der Waals surface area contributed by atoms with Crippen LogP contribution in [0.15, 0.2) is 35.9 Å². The molecule has 0 aromatic heterocycles. The van der Waals surface area contributed by atoms with Gasteiger partial charge in [0.1, 0.15) is 0 Å². The predicted octanol–water partition coefficient (Wildman–Crippen LogP) is 6.62. The molecule has 0 heterocycles. The topological polar surface area (TPSA) is 40.5 Å². The van der Waals surface area contributed by atoms with Gasteiger partial charge in [0.25, 0.3) is 0 Å². The van der Waals surface area contributed by atoms with Crippen molar-refractivity contribution < 1.29 is 15.7 Å². The smallest absolute Gasteiger partial charge is 0.0656 e. The molecule has 1 aromatic carbocycles. The van der Waals surface area contributed by atoms with Gasteiger partial charge in [-0.25, -0.2) is 0 Å². The summed E-state index contributed by atoms with van der Waals surface area (Å²) in [6.07, 6.45) is 4.79. The molecule has 2 heteroatoms. The lowest BCUT2D eigenvalue weighted by Crippen LogP contribution is -2.53. The molecule has 8 atom stereocenters. The van der Waals surface area contributed by atoms with Crippen LogP contribution in [0.5, 0.6) is 0 Å². The van der Waals surface area contributed by atoms with Gasteiger partial charge in [-0.1, -0.05) is 55.3 Å². The highest BCUT2D eigenvalue weighted by Gasteiger charge is 2.61. The van der Waals surface area contributed by atoms with Crippen LogP contribution in [0.25, 0.3) is 0 Å². The van der Waals surface area contributed by atoms with Gasteiger partial charge in [-0.15, -0.1) is 0 Å². The SMILES string of the molecule is [2H]C([2H])(c1ccc(C)cc1)C([2H])([2H])[C@](C)(O)[C@H]1CC[C@H]2[C@@H]3CC=C4C[C@@H](O)CC[C@]4(C)[C@H]3CC[C@@]21C. The van der Waals surface area contributed by atoms with Crippen molar-refractivity contribution >= 4 is 0 Å². The quantitative estimate of drug-likeness (QED) is 0.517. The van der Waals surface area contributed by atoms with Crippen molar-refractivity contribution in [3.05, 3.63) is 47.0 Å². The van der Waals surface area contributed by atoms with Crippen molar-refractivity contribution in [2.45, 2.75) is 104 Å². The van der Waals surface area contributed by atoms with E-state index < -0.39 is 18.3 Å². The lowest BCUT2D eigenvalue weighted by molar-refractivity contribution is -0.104. The van der Waals surface area contributed by atoms with E-state index in [9.17, 15) is 10.2 Å². The minimum atomic E-state index is -2.46. The number of aliphatic hydroxyl groups excluding tert-OH is 1. The summed E-state index contributed by atoms with van der Waals surface area (Å²) in [5, 5.41) is 22.3. The normalized spacial score (nSPS) is 45.7. The summed E-state index contributed by atoms with van der Waals surface area (Å²) in [5.41, 5.74) is 0.815. The van der Waals surface area contributed by atoms with Crippen LogP contribution in [0.3, 0.4) is 0 Å². The van der Waals surface area contributed by atoms with Gasteiger partial charge >= 0.3 is 0 Å². The lowest BCUT2D eigenvalue weighted by Gasteiger charge is -2.59. The highest BCUT2D eigenvalue weighted by Crippen LogP contribution is 2.67. The van der Waals surface area contributed by atoms with Crippen LogP contribution in [0.2, 0.25) is 0 Å². The Morgan fingerprint density at radius 3 is 2.56 bits per heavy atom. The van der Waals surface area contributed by atoms with Crippen LogP contribution < -0.4 is 0 Å². The molecule has 3 fully saturated rings. The molecule has 0 spiro atoms. The maximum Gasteiger partial charge on any atom is 0.0656 e. The van der Waals surface area contributed by atoms with E-state index in [1.807, 2.05) is 19.1 Å². The Balaban J connectivity index is 1.45. The Bertz CT molecular complexity index is 1030. The fourth-order valence-electron chi connectivity index (χ4n) is 8.49. The number of aryl methyl sites for hydroxylation is 2. The summed E-state index contributed by atoms with van der Waals surface area (Å²) >= 11 is 0. The summed E-state index contributed by atoms with van der Waals surface area (Å²) in [6, 6.07) is 6.92. The van der Waals surface area contributed by atoms with E-state index in [0.29, 0.717) is 17.8 Å². The number of allylic oxidation sites excluding steroid dienone is 1. The van der Waals surface area contributed by atoms with Crippen LogP contribution in [0.4, 0.5) is 0 Å². The maximum atomic E-state index is 12.0. The van der Waals surface area contributed by atoms with E-state index in [1.165, 1.54) is 5.57 Å². The zero-order valence-corrected chi connectivity index (χ0v) is 20.3. The number of hydrogen-bond acceptors (Lipinski definition) is 2. The highest BCUT2D eigenvalue weighted by molar-refractivity contribution is 5.26. The monoisotopic (exact) mass is 440 g/mol. The van der Waals surface area contributed by atoms with E-state index in [1.54, 1.807) is 19.1 Å². The van der Waals surface area contributed by atoms with E-state index in [-0.39, 0.29) is 28.4 Å². The second-order valence-electron chi connectivity index (χ2n) is 12.1. The summed E-state index contributed by atoms with van der Waals surface area (Å²) in [6.45, 7) is 8.15. The van der Waals surface area contributed by atoms with Gasteiger partial charge in [-0.05, 0) is 118 Å². The van der Waals surface area contributed by atoms with E-state index in [2.05, 4.69) is 19.9 Å². The maximum absolute atomic E-state index is 12.0. The molecule has 0 amide bonds. The first-order chi connectivity index (χ1) is 16.7. The summed E-state index contributed by atoms with van der Waals surface area (Å²) < 4.78 is 35.8. The second kappa shape index (κ2) is 7.98. The molecule has 0 radical (unpaired) electrons. The van der Waals surface area contributed by atoms with Crippen molar-refractivity contribution in [3.63, 3.8) is 0 Å². The Morgan fingerprint density at radius 2 is 1.81 bits per heavy atom. The number of aliphatic hydroxyl groups is 2. The molecule has 5 rings (SSSR count). The number of rotatable bonds is 4.